The van der Waals surface area contributed by atoms with Gasteiger partial charge in [-0.3, -0.25) is 14.9 Å². The maximum Gasteiger partial charge on any atom is 0.282 e. The maximum absolute atomic E-state index is 12.1. The third-order valence-corrected chi connectivity index (χ3v) is 2.94. The second kappa shape index (κ2) is 6.07. The van der Waals surface area contributed by atoms with Crippen molar-refractivity contribution < 1.29 is 9.72 Å². The molecule has 104 valence electrons. The molecule has 0 aliphatic rings. The monoisotopic (exact) mass is 300 g/mol. The average molecular weight is 301 g/mol. The molecule has 1 amide bonds. The molecule has 1 N–H and O–H groups in total. The molecule has 0 aliphatic heterocycles. The van der Waals surface area contributed by atoms with E-state index < -0.39 is 10.8 Å². The predicted octanol–water partition coefficient (Wildman–Crippen LogP) is 3.48. The number of hydrogen-bond acceptors (Lipinski definition) is 3. The van der Waals surface area contributed by atoms with Gasteiger partial charge in [0, 0.05) is 22.3 Å². The van der Waals surface area contributed by atoms with Gasteiger partial charge in [-0.2, -0.15) is 0 Å². The standard InChI is InChI=1S/C15H9ClN2O3/c1-2-10-3-6-12(7-4-10)17-15(19)13-9-11(16)5-8-14(13)18(20)21/h1,3-9H,(H,17,19). The lowest BCUT2D eigenvalue weighted by Crippen LogP contribution is -2.14. The van der Waals surface area contributed by atoms with E-state index in [9.17, 15) is 14.9 Å². The molecule has 0 bridgehead atoms. The molecule has 0 aliphatic carbocycles. The summed E-state index contributed by atoms with van der Waals surface area (Å²) in [5, 5.41) is 13.7. The molecule has 0 saturated heterocycles. The lowest BCUT2D eigenvalue weighted by Gasteiger charge is -2.06. The molecule has 0 spiro atoms. The van der Waals surface area contributed by atoms with Crippen LogP contribution in [0.2, 0.25) is 5.02 Å². The number of hydrogen-bond donors (Lipinski definition) is 1. The molecule has 6 heteroatoms. The van der Waals surface area contributed by atoms with Crippen LogP contribution in [0.1, 0.15) is 15.9 Å². The highest BCUT2D eigenvalue weighted by Gasteiger charge is 2.20. The maximum atomic E-state index is 12.1. The first kappa shape index (κ1) is 14.6. The summed E-state index contributed by atoms with van der Waals surface area (Å²) in [6.07, 6.45) is 5.24. The van der Waals surface area contributed by atoms with Crippen LogP contribution in [0, 0.1) is 22.5 Å². The van der Waals surface area contributed by atoms with E-state index in [1.165, 1.54) is 18.2 Å². The molecule has 2 aromatic carbocycles. The molecule has 0 saturated carbocycles. The van der Waals surface area contributed by atoms with Crippen molar-refractivity contribution in [3.05, 3.63) is 68.7 Å². The van der Waals surface area contributed by atoms with Crippen LogP contribution in [-0.2, 0) is 0 Å². The van der Waals surface area contributed by atoms with Crippen molar-refractivity contribution in [1.82, 2.24) is 0 Å². The number of benzene rings is 2. The van der Waals surface area contributed by atoms with Crippen molar-refractivity contribution in [2.75, 3.05) is 5.32 Å². The molecule has 0 radical (unpaired) electrons. The zero-order valence-electron chi connectivity index (χ0n) is 10.7. The van der Waals surface area contributed by atoms with Gasteiger partial charge in [-0.1, -0.05) is 17.5 Å². The Bertz CT molecular complexity index is 749. The predicted molar refractivity (Wildman–Crippen MR) is 80.4 cm³/mol. The lowest BCUT2D eigenvalue weighted by molar-refractivity contribution is -0.385. The fraction of sp³-hybridized carbons (Fsp3) is 0. The number of nitro benzene ring substituents is 1. The fourth-order valence-electron chi connectivity index (χ4n) is 1.70. The SMILES string of the molecule is C#Cc1ccc(NC(=O)c2cc(Cl)ccc2[N+](=O)[O-])cc1. The van der Waals surface area contributed by atoms with Crippen molar-refractivity contribution in [2.45, 2.75) is 0 Å². The molecule has 0 aromatic heterocycles. The van der Waals surface area contributed by atoms with E-state index in [0.717, 1.165) is 0 Å². The van der Waals surface area contributed by atoms with E-state index >= 15 is 0 Å². The number of nitrogens with zero attached hydrogens (tertiary/aromatic N) is 1. The van der Waals surface area contributed by atoms with Crippen LogP contribution in [0.3, 0.4) is 0 Å². The highest BCUT2D eigenvalue weighted by molar-refractivity contribution is 6.31. The summed E-state index contributed by atoms with van der Waals surface area (Å²) in [4.78, 5) is 22.4. The Labute approximate surface area is 125 Å². The van der Waals surface area contributed by atoms with E-state index in [0.29, 0.717) is 11.3 Å². The van der Waals surface area contributed by atoms with Crippen molar-refractivity contribution in [1.29, 1.82) is 0 Å². The van der Waals surface area contributed by atoms with Gasteiger partial charge in [0.05, 0.1) is 4.92 Å². The number of halogens is 1. The summed E-state index contributed by atoms with van der Waals surface area (Å²) in [5.74, 6) is 1.84. The molecule has 0 fully saturated rings. The van der Waals surface area contributed by atoms with Gasteiger partial charge in [-0.05, 0) is 36.4 Å². The van der Waals surface area contributed by atoms with E-state index in [1.54, 1.807) is 24.3 Å². The molecule has 2 aromatic rings. The Kier molecular flexibility index (Phi) is 4.21. The smallest absolute Gasteiger partial charge is 0.282 e. The number of terminal acetylenes is 1. The first-order valence-corrected chi connectivity index (χ1v) is 6.21. The summed E-state index contributed by atoms with van der Waals surface area (Å²) < 4.78 is 0. The lowest BCUT2D eigenvalue weighted by atomic mass is 10.1. The summed E-state index contributed by atoms with van der Waals surface area (Å²) in [6.45, 7) is 0. The van der Waals surface area contributed by atoms with E-state index in [-0.39, 0.29) is 16.3 Å². The summed E-state index contributed by atoms with van der Waals surface area (Å²) in [5.41, 5.74) is 0.737. The normalized spacial score (nSPS) is 9.71. The number of rotatable bonds is 3. The van der Waals surface area contributed by atoms with Crippen LogP contribution in [0.15, 0.2) is 42.5 Å². The first-order chi connectivity index (χ1) is 10.0. The number of nitrogens with one attached hydrogen (secondary N) is 1. The van der Waals surface area contributed by atoms with Gasteiger partial charge in [0.1, 0.15) is 5.56 Å². The number of carbonyl (C=O) groups excluding carboxylic acids is 1. The van der Waals surface area contributed by atoms with E-state index in [1.807, 2.05) is 0 Å². The fourth-order valence-corrected chi connectivity index (χ4v) is 1.87. The summed E-state index contributed by atoms with van der Waals surface area (Å²) in [6, 6.07) is 10.3. The van der Waals surface area contributed by atoms with Crippen LogP contribution < -0.4 is 5.32 Å². The minimum atomic E-state index is -0.632. The Morgan fingerprint density at radius 2 is 1.90 bits per heavy atom. The molecular formula is C15H9ClN2O3. The third kappa shape index (κ3) is 3.38. The van der Waals surface area contributed by atoms with Gasteiger partial charge < -0.3 is 5.32 Å². The zero-order chi connectivity index (χ0) is 15.4. The quantitative estimate of drug-likeness (QED) is 0.536. The minimum absolute atomic E-state index is 0.103. The highest BCUT2D eigenvalue weighted by atomic mass is 35.5. The van der Waals surface area contributed by atoms with Crippen LogP contribution in [0.4, 0.5) is 11.4 Å². The van der Waals surface area contributed by atoms with Gasteiger partial charge in [0.2, 0.25) is 0 Å². The topological polar surface area (TPSA) is 72.2 Å². The highest BCUT2D eigenvalue weighted by Crippen LogP contribution is 2.23. The van der Waals surface area contributed by atoms with Crippen LogP contribution in [-0.4, -0.2) is 10.8 Å². The van der Waals surface area contributed by atoms with Gasteiger partial charge in [0.25, 0.3) is 11.6 Å². The largest absolute Gasteiger partial charge is 0.322 e. The van der Waals surface area contributed by atoms with Crippen molar-refractivity contribution >= 4 is 28.9 Å². The second-order valence-corrected chi connectivity index (χ2v) is 4.53. The van der Waals surface area contributed by atoms with Crippen molar-refractivity contribution in [3.8, 4) is 12.3 Å². The summed E-state index contributed by atoms with van der Waals surface area (Å²) >= 11 is 5.78. The molecule has 5 nitrogen and oxygen atoms in total. The third-order valence-electron chi connectivity index (χ3n) is 2.71. The average Bonchev–Trinajstić information content (AvgIpc) is 2.47. The molecular weight excluding hydrogens is 292 g/mol. The van der Waals surface area contributed by atoms with Gasteiger partial charge in [0.15, 0.2) is 0 Å². The van der Waals surface area contributed by atoms with Crippen molar-refractivity contribution in [3.63, 3.8) is 0 Å². The molecule has 0 unspecified atom stereocenters. The van der Waals surface area contributed by atoms with Crippen LogP contribution >= 0.6 is 11.6 Å². The van der Waals surface area contributed by atoms with Gasteiger partial charge in [-0.25, -0.2) is 0 Å². The minimum Gasteiger partial charge on any atom is -0.322 e. The first-order valence-electron chi connectivity index (χ1n) is 5.83. The van der Waals surface area contributed by atoms with Crippen molar-refractivity contribution in [2.24, 2.45) is 0 Å². The number of anilines is 1. The second-order valence-electron chi connectivity index (χ2n) is 4.09. The molecule has 0 atom stereocenters. The van der Waals surface area contributed by atoms with Gasteiger partial charge >= 0.3 is 0 Å². The Morgan fingerprint density at radius 1 is 1.24 bits per heavy atom. The molecule has 2 rings (SSSR count). The number of nitro groups is 1. The zero-order valence-corrected chi connectivity index (χ0v) is 11.4. The number of amides is 1. The van der Waals surface area contributed by atoms with E-state index in [4.69, 9.17) is 18.0 Å². The van der Waals surface area contributed by atoms with E-state index in [2.05, 4.69) is 11.2 Å². The molecule has 0 heterocycles. The Hall–Kier alpha value is -2.84. The Morgan fingerprint density at radius 3 is 2.48 bits per heavy atom. The van der Waals surface area contributed by atoms with Crippen LogP contribution in [0.25, 0.3) is 0 Å². The van der Waals surface area contributed by atoms with Crippen LogP contribution in [0.5, 0.6) is 0 Å². The Balaban J connectivity index is 2.29. The van der Waals surface area contributed by atoms with Gasteiger partial charge in [-0.15, -0.1) is 6.42 Å². The summed E-state index contributed by atoms with van der Waals surface area (Å²) in [7, 11) is 0. The molecule has 21 heavy (non-hydrogen) atoms. The number of carbonyl (C=O) groups is 1.